The van der Waals surface area contributed by atoms with Gasteiger partial charge in [-0.3, -0.25) is 9.59 Å². The van der Waals surface area contributed by atoms with E-state index < -0.39 is 28.1 Å². The lowest BCUT2D eigenvalue weighted by Crippen LogP contribution is -2.50. The summed E-state index contributed by atoms with van der Waals surface area (Å²) in [5.74, 6) is -1.84. The van der Waals surface area contributed by atoms with Gasteiger partial charge in [-0.1, -0.05) is 64.5 Å². The summed E-state index contributed by atoms with van der Waals surface area (Å²) < 4.78 is 4.33. The Morgan fingerprint density at radius 3 is 2.00 bits per heavy atom. The van der Waals surface area contributed by atoms with Crippen molar-refractivity contribution in [2.75, 3.05) is 0 Å². The number of ether oxygens (including phenoxy) is 1. The highest BCUT2D eigenvalue weighted by Crippen LogP contribution is 2.65. The van der Waals surface area contributed by atoms with E-state index in [0.717, 1.165) is 22.3 Å². The fraction of sp³-hybridized carbons (Fsp3) is 0.222. The van der Waals surface area contributed by atoms with Crippen molar-refractivity contribution in [3.05, 3.63) is 70.8 Å². The van der Waals surface area contributed by atoms with Gasteiger partial charge in [-0.05, 0) is 22.3 Å². The highest BCUT2D eigenvalue weighted by molar-refractivity contribution is 9.09. The highest BCUT2D eigenvalue weighted by atomic mass is 79.9. The van der Waals surface area contributed by atoms with Gasteiger partial charge in [-0.15, -0.1) is 0 Å². The summed E-state index contributed by atoms with van der Waals surface area (Å²) in [6.07, 6.45) is 0. The van der Waals surface area contributed by atoms with Crippen LogP contribution in [0.15, 0.2) is 48.5 Å². The van der Waals surface area contributed by atoms with Crippen LogP contribution in [0.1, 0.15) is 28.2 Å². The first-order chi connectivity index (χ1) is 10.6. The molecule has 4 aliphatic rings. The molecule has 0 amide bonds. The van der Waals surface area contributed by atoms with Crippen molar-refractivity contribution >= 4 is 27.9 Å². The summed E-state index contributed by atoms with van der Waals surface area (Å²) in [5, 5.41) is 0. The Balaban J connectivity index is 1.94. The van der Waals surface area contributed by atoms with Crippen LogP contribution in [0, 0.1) is 11.8 Å². The summed E-state index contributed by atoms with van der Waals surface area (Å²) in [6.45, 7) is 0. The van der Waals surface area contributed by atoms with E-state index in [1.807, 2.05) is 36.4 Å². The van der Waals surface area contributed by atoms with Crippen molar-refractivity contribution < 1.29 is 14.3 Å². The standard InChI is InChI=1S/C18H11BrO3/c19-18-11-7-3-1-5-9(11)13(10-6-2-4-8-12(10)18)14-15(18)17(21)22-16(14)20/h1-8,13-15H/t13?,14-,15-,18?/m0/s1. The van der Waals surface area contributed by atoms with E-state index in [1.54, 1.807) is 0 Å². The Kier molecular flexibility index (Phi) is 2.22. The van der Waals surface area contributed by atoms with Crippen LogP contribution < -0.4 is 0 Å². The van der Waals surface area contributed by atoms with Crippen LogP contribution in [0.2, 0.25) is 0 Å². The molecule has 0 N–H and O–H groups in total. The molecule has 2 aromatic rings. The second-order valence-corrected chi connectivity index (χ2v) is 7.36. The molecule has 0 aromatic heterocycles. The molecule has 0 spiro atoms. The van der Waals surface area contributed by atoms with Crippen LogP contribution in [0.4, 0.5) is 0 Å². The molecule has 2 bridgehead atoms. The number of cyclic esters (lactones) is 2. The molecular formula is C18H11BrO3. The van der Waals surface area contributed by atoms with Gasteiger partial charge in [0.25, 0.3) is 0 Å². The van der Waals surface area contributed by atoms with Crippen LogP contribution in [-0.4, -0.2) is 11.9 Å². The lowest BCUT2D eigenvalue weighted by Gasteiger charge is -2.50. The van der Waals surface area contributed by atoms with Crippen LogP contribution >= 0.6 is 15.9 Å². The molecule has 0 saturated carbocycles. The van der Waals surface area contributed by atoms with Gasteiger partial charge in [0.2, 0.25) is 0 Å². The average Bonchev–Trinajstić information content (AvgIpc) is 2.84. The molecule has 1 fully saturated rings. The normalized spacial score (nSPS) is 34.0. The van der Waals surface area contributed by atoms with Crippen molar-refractivity contribution in [3.8, 4) is 0 Å². The van der Waals surface area contributed by atoms with Crippen LogP contribution in [0.25, 0.3) is 0 Å². The van der Waals surface area contributed by atoms with Gasteiger partial charge < -0.3 is 4.74 Å². The molecule has 2 aromatic carbocycles. The molecule has 1 heterocycles. The summed E-state index contributed by atoms with van der Waals surface area (Å²) >= 11 is 3.85. The number of carbonyl (C=O) groups excluding carboxylic acids is 2. The third-order valence-electron chi connectivity index (χ3n) is 5.25. The van der Waals surface area contributed by atoms with Gasteiger partial charge in [-0.2, -0.15) is 0 Å². The van der Waals surface area contributed by atoms with Crippen molar-refractivity contribution in [1.29, 1.82) is 0 Å². The van der Waals surface area contributed by atoms with E-state index in [4.69, 9.17) is 4.74 Å². The Bertz CT molecular complexity index is 809. The van der Waals surface area contributed by atoms with E-state index in [9.17, 15) is 9.59 Å². The number of halogens is 1. The topological polar surface area (TPSA) is 43.4 Å². The van der Waals surface area contributed by atoms with Crippen LogP contribution in [0.5, 0.6) is 0 Å². The second kappa shape index (κ2) is 3.87. The number of rotatable bonds is 0. The fourth-order valence-electron chi connectivity index (χ4n) is 4.49. The van der Waals surface area contributed by atoms with Crippen LogP contribution in [-0.2, 0) is 18.7 Å². The molecule has 3 nitrogen and oxygen atoms in total. The van der Waals surface area contributed by atoms with Gasteiger partial charge in [0.05, 0.1) is 16.2 Å². The third kappa shape index (κ3) is 1.20. The predicted molar refractivity (Wildman–Crippen MR) is 82.5 cm³/mol. The first-order valence-electron chi connectivity index (χ1n) is 7.27. The zero-order valence-electron chi connectivity index (χ0n) is 11.5. The van der Waals surface area contributed by atoms with Crippen LogP contribution in [0.3, 0.4) is 0 Å². The smallest absolute Gasteiger partial charge is 0.319 e. The maximum Gasteiger partial charge on any atom is 0.319 e. The molecule has 2 atom stereocenters. The number of esters is 2. The van der Waals surface area contributed by atoms with Gasteiger partial charge in [0.15, 0.2) is 0 Å². The van der Waals surface area contributed by atoms with Gasteiger partial charge in [0, 0.05) is 5.92 Å². The number of carbonyl (C=O) groups is 2. The summed E-state index contributed by atoms with van der Waals surface area (Å²) in [4.78, 5) is 24.7. The van der Waals surface area contributed by atoms with Gasteiger partial charge in [-0.25, -0.2) is 0 Å². The minimum Gasteiger partial charge on any atom is -0.393 e. The SMILES string of the molecule is O=C1OC(=O)[C@H]2C3c4ccccc4C(Br)(c4ccccc43)[C@H]12. The molecule has 22 heavy (non-hydrogen) atoms. The Hall–Kier alpha value is -1.94. The maximum atomic E-state index is 12.4. The quantitative estimate of drug-likeness (QED) is 0.414. The molecule has 0 radical (unpaired) electrons. The third-order valence-corrected chi connectivity index (χ3v) is 6.60. The monoisotopic (exact) mass is 354 g/mol. The predicted octanol–water partition coefficient (Wildman–Crippen LogP) is 3.10. The maximum absolute atomic E-state index is 12.4. The number of alkyl halides is 1. The Morgan fingerprint density at radius 1 is 0.864 bits per heavy atom. The Labute approximate surface area is 135 Å². The fourth-order valence-corrected chi connectivity index (χ4v) is 5.68. The average molecular weight is 355 g/mol. The molecular weight excluding hydrogens is 344 g/mol. The Morgan fingerprint density at radius 2 is 1.41 bits per heavy atom. The highest BCUT2D eigenvalue weighted by Gasteiger charge is 2.66. The minimum absolute atomic E-state index is 0.101. The molecule has 3 aliphatic carbocycles. The van der Waals surface area contributed by atoms with Gasteiger partial charge >= 0.3 is 11.9 Å². The van der Waals surface area contributed by atoms with E-state index >= 15 is 0 Å². The molecule has 1 aliphatic heterocycles. The molecule has 6 rings (SSSR count). The summed E-state index contributed by atoms with van der Waals surface area (Å²) in [5.41, 5.74) is 4.38. The lowest BCUT2D eigenvalue weighted by atomic mass is 9.55. The number of hydrogen-bond acceptors (Lipinski definition) is 3. The first-order valence-corrected chi connectivity index (χ1v) is 8.06. The largest absolute Gasteiger partial charge is 0.393 e. The van der Waals surface area contributed by atoms with E-state index in [0.29, 0.717) is 0 Å². The zero-order valence-corrected chi connectivity index (χ0v) is 13.0. The van der Waals surface area contributed by atoms with Crippen molar-refractivity contribution in [3.63, 3.8) is 0 Å². The second-order valence-electron chi connectivity index (χ2n) is 6.11. The zero-order chi connectivity index (χ0) is 15.1. The van der Waals surface area contributed by atoms with E-state index in [2.05, 4.69) is 28.1 Å². The van der Waals surface area contributed by atoms with Crippen molar-refractivity contribution in [2.24, 2.45) is 11.8 Å². The number of hydrogen-bond donors (Lipinski definition) is 0. The van der Waals surface area contributed by atoms with E-state index in [1.165, 1.54) is 0 Å². The molecule has 4 heteroatoms. The number of benzene rings is 2. The molecule has 108 valence electrons. The van der Waals surface area contributed by atoms with Gasteiger partial charge in [0.1, 0.15) is 0 Å². The summed E-state index contributed by atoms with van der Waals surface area (Å²) in [6, 6.07) is 16.1. The van der Waals surface area contributed by atoms with Crippen molar-refractivity contribution in [1.82, 2.24) is 0 Å². The molecule has 1 saturated heterocycles. The molecule has 0 unspecified atom stereocenters. The first kappa shape index (κ1) is 12.6. The summed E-state index contributed by atoms with van der Waals surface area (Å²) in [7, 11) is 0. The lowest BCUT2D eigenvalue weighted by molar-refractivity contribution is -0.153. The van der Waals surface area contributed by atoms with E-state index in [-0.39, 0.29) is 5.92 Å². The minimum atomic E-state index is -0.678. The van der Waals surface area contributed by atoms with Crippen molar-refractivity contribution in [2.45, 2.75) is 10.2 Å².